The van der Waals surface area contributed by atoms with Crippen LogP contribution in [0.3, 0.4) is 0 Å². The zero-order chi connectivity index (χ0) is 15.2. The van der Waals surface area contributed by atoms with Gasteiger partial charge in [-0.05, 0) is 42.0 Å². The second kappa shape index (κ2) is 6.99. The fraction of sp³-hybridized carbons (Fsp3) is 0.188. The summed E-state index contributed by atoms with van der Waals surface area (Å²) < 4.78 is 10.1. The predicted octanol–water partition coefficient (Wildman–Crippen LogP) is 3.29. The van der Waals surface area contributed by atoms with Crippen molar-refractivity contribution in [1.82, 2.24) is 5.32 Å². The van der Waals surface area contributed by atoms with Gasteiger partial charge in [0.15, 0.2) is 0 Å². The molecule has 0 saturated heterocycles. The minimum atomic E-state index is -0.149. The van der Waals surface area contributed by atoms with E-state index in [1.807, 2.05) is 6.07 Å². The van der Waals surface area contributed by atoms with Crippen molar-refractivity contribution in [2.75, 3.05) is 14.2 Å². The Morgan fingerprint density at radius 2 is 1.81 bits per heavy atom. The molecule has 1 N–H and O–H groups in total. The van der Waals surface area contributed by atoms with Crippen LogP contribution in [0.2, 0.25) is 5.02 Å². The molecule has 1 amide bonds. The number of hydrogen-bond donors (Lipinski definition) is 1. The van der Waals surface area contributed by atoms with Gasteiger partial charge in [0.1, 0.15) is 11.5 Å². The molecular formula is C16H16ClNO3. The summed E-state index contributed by atoms with van der Waals surface area (Å²) in [6, 6.07) is 12.3. The van der Waals surface area contributed by atoms with Crippen LogP contribution in [0.15, 0.2) is 42.5 Å². The molecule has 0 unspecified atom stereocenters. The molecule has 0 fully saturated rings. The number of carbonyl (C=O) groups excluding carboxylic acids is 1. The number of rotatable bonds is 5. The zero-order valence-corrected chi connectivity index (χ0v) is 12.6. The van der Waals surface area contributed by atoms with Gasteiger partial charge in [-0.3, -0.25) is 4.79 Å². The minimum absolute atomic E-state index is 0.149. The summed E-state index contributed by atoms with van der Waals surface area (Å²) in [6.07, 6.45) is 0. The number of halogens is 1. The van der Waals surface area contributed by atoms with Crippen LogP contribution in [0.4, 0.5) is 0 Å². The minimum Gasteiger partial charge on any atom is -0.497 e. The Bertz CT molecular complexity index is 626. The molecule has 0 saturated carbocycles. The lowest BCUT2D eigenvalue weighted by molar-refractivity contribution is 0.0951. The summed E-state index contributed by atoms with van der Waals surface area (Å²) in [6.45, 7) is 0.397. The number of ether oxygens (including phenoxy) is 2. The number of methoxy groups -OCH3 is 2. The Morgan fingerprint density at radius 3 is 2.38 bits per heavy atom. The largest absolute Gasteiger partial charge is 0.497 e. The molecule has 0 aliphatic rings. The van der Waals surface area contributed by atoms with E-state index in [9.17, 15) is 4.79 Å². The third kappa shape index (κ3) is 3.89. The molecule has 4 nitrogen and oxygen atoms in total. The van der Waals surface area contributed by atoms with E-state index in [-0.39, 0.29) is 5.91 Å². The topological polar surface area (TPSA) is 47.6 Å². The molecule has 110 valence electrons. The van der Waals surface area contributed by atoms with Gasteiger partial charge in [-0.15, -0.1) is 0 Å². The fourth-order valence-corrected chi connectivity index (χ4v) is 2.13. The van der Waals surface area contributed by atoms with Crippen molar-refractivity contribution in [1.29, 1.82) is 0 Å². The normalized spacial score (nSPS) is 10.0. The van der Waals surface area contributed by atoms with Crippen molar-refractivity contribution >= 4 is 17.5 Å². The molecule has 0 spiro atoms. The molecular weight excluding hydrogens is 290 g/mol. The molecule has 0 radical (unpaired) electrons. The van der Waals surface area contributed by atoms with Gasteiger partial charge >= 0.3 is 0 Å². The number of nitrogens with one attached hydrogen (secondary N) is 1. The Balaban J connectivity index is 1.98. The number of amides is 1. The van der Waals surface area contributed by atoms with Crippen molar-refractivity contribution in [3.63, 3.8) is 0 Å². The van der Waals surface area contributed by atoms with E-state index < -0.39 is 0 Å². The Morgan fingerprint density at radius 1 is 1.10 bits per heavy atom. The summed E-state index contributed by atoms with van der Waals surface area (Å²) in [4.78, 5) is 12.0. The first kappa shape index (κ1) is 15.2. The molecule has 2 aromatic carbocycles. The van der Waals surface area contributed by atoms with E-state index in [4.69, 9.17) is 21.1 Å². The van der Waals surface area contributed by atoms with Gasteiger partial charge in [0.2, 0.25) is 0 Å². The van der Waals surface area contributed by atoms with Gasteiger partial charge < -0.3 is 14.8 Å². The van der Waals surface area contributed by atoms with E-state index in [0.29, 0.717) is 28.6 Å². The van der Waals surface area contributed by atoms with Gasteiger partial charge in [0, 0.05) is 12.1 Å². The van der Waals surface area contributed by atoms with Crippen molar-refractivity contribution in [2.24, 2.45) is 0 Å². The summed E-state index contributed by atoms with van der Waals surface area (Å²) in [5.74, 6) is 1.18. The van der Waals surface area contributed by atoms with Crippen LogP contribution in [0.5, 0.6) is 11.5 Å². The molecule has 5 heteroatoms. The van der Waals surface area contributed by atoms with Gasteiger partial charge in [-0.1, -0.05) is 17.7 Å². The first-order chi connectivity index (χ1) is 10.1. The Labute approximate surface area is 128 Å². The summed E-state index contributed by atoms with van der Waals surface area (Å²) >= 11 is 6.04. The van der Waals surface area contributed by atoms with Crippen LogP contribution in [-0.2, 0) is 6.54 Å². The fourth-order valence-electron chi connectivity index (χ4n) is 1.85. The Hall–Kier alpha value is -2.20. The average Bonchev–Trinajstić information content (AvgIpc) is 2.52. The van der Waals surface area contributed by atoms with Crippen LogP contribution >= 0.6 is 11.6 Å². The summed E-state index contributed by atoms with van der Waals surface area (Å²) in [5, 5.41) is 3.36. The van der Waals surface area contributed by atoms with E-state index in [2.05, 4.69) is 5.32 Å². The molecule has 2 aromatic rings. The van der Waals surface area contributed by atoms with Gasteiger partial charge in [0.05, 0.1) is 19.2 Å². The van der Waals surface area contributed by atoms with Crippen LogP contribution in [-0.4, -0.2) is 20.1 Å². The number of hydrogen-bond acceptors (Lipinski definition) is 3. The molecule has 0 heterocycles. The van der Waals surface area contributed by atoms with E-state index in [1.165, 1.54) is 0 Å². The first-order valence-corrected chi connectivity index (χ1v) is 6.76. The molecule has 0 bridgehead atoms. The smallest absolute Gasteiger partial charge is 0.251 e. The summed E-state index contributed by atoms with van der Waals surface area (Å²) in [7, 11) is 3.15. The Kier molecular flexibility index (Phi) is 5.06. The third-order valence-electron chi connectivity index (χ3n) is 3.02. The van der Waals surface area contributed by atoms with Gasteiger partial charge in [-0.2, -0.15) is 0 Å². The van der Waals surface area contributed by atoms with Crippen molar-refractivity contribution < 1.29 is 14.3 Å². The molecule has 2 rings (SSSR count). The SMILES string of the molecule is COc1ccc(C(=O)NCc2ccc(OC)c(Cl)c2)cc1. The molecule has 0 aromatic heterocycles. The standard InChI is InChI=1S/C16H16ClNO3/c1-20-13-6-4-12(5-7-13)16(19)18-10-11-3-8-15(21-2)14(17)9-11/h3-9H,10H2,1-2H3,(H,18,19). The van der Waals surface area contributed by atoms with Crippen molar-refractivity contribution in [3.05, 3.63) is 58.6 Å². The van der Waals surface area contributed by atoms with Gasteiger partial charge in [0.25, 0.3) is 5.91 Å². The maximum absolute atomic E-state index is 12.0. The number of carbonyl (C=O) groups is 1. The highest BCUT2D eigenvalue weighted by atomic mass is 35.5. The van der Waals surface area contributed by atoms with Crippen molar-refractivity contribution in [3.8, 4) is 11.5 Å². The van der Waals surface area contributed by atoms with E-state index in [1.54, 1.807) is 50.6 Å². The van der Waals surface area contributed by atoms with Crippen molar-refractivity contribution in [2.45, 2.75) is 6.54 Å². The van der Waals surface area contributed by atoms with Crippen LogP contribution in [0.25, 0.3) is 0 Å². The highest BCUT2D eigenvalue weighted by Crippen LogP contribution is 2.24. The summed E-state index contributed by atoms with van der Waals surface area (Å²) in [5.41, 5.74) is 1.48. The third-order valence-corrected chi connectivity index (χ3v) is 3.32. The molecule has 0 aliphatic heterocycles. The van der Waals surface area contributed by atoms with E-state index >= 15 is 0 Å². The van der Waals surface area contributed by atoms with Crippen LogP contribution in [0.1, 0.15) is 15.9 Å². The van der Waals surface area contributed by atoms with Crippen LogP contribution in [0, 0.1) is 0 Å². The zero-order valence-electron chi connectivity index (χ0n) is 11.9. The lowest BCUT2D eigenvalue weighted by Crippen LogP contribution is -2.22. The molecule has 21 heavy (non-hydrogen) atoms. The van der Waals surface area contributed by atoms with E-state index in [0.717, 1.165) is 5.56 Å². The maximum Gasteiger partial charge on any atom is 0.251 e. The number of benzene rings is 2. The lowest BCUT2D eigenvalue weighted by Gasteiger charge is -2.08. The molecule has 0 atom stereocenters. The monoisotopic (exact) mass is 305 g/mol. The quantitative estimate of drug-likeness (QED) is 0.922. The first-order valence-electron chi connectivity index (χ1n) is 6.38. The molecule has 0 aliphatic carbocycles. The maximum atomic E-state index is 12.0. The second-order valence-electron chi connectivity index (χ2n) is 4.38. The van der Waals surface area contributed by atoms with Gasteiger partial charge in [-0.25, -0.2) is 0 Å². The predicted molar refractivity (Wildman–Crippen MR) is 82.2 cm³/mol. The second-order valence-corrected chi connectivity index (χ2v) is 4.79. The average molecular weight is 306 g/mol. The van der Waals surface area contributed by atoms with Crippen LogP contribution < -0.4 is 14.8 Å². The highest BCUT2D eigenvalue weighted by Gasteiger charge is 2.07. The highest BCUT2D eigenvalue weighted by molar-refractivity contribution is 6.32. The lowest BCUT2D eigenvalue weighted by atomic mass is 10.2.